The highest BCUT2D eigenvalue weighted by molar-refractivity contribution is 9.10. The number of carboxylic acid groups (broad SMARTS) is 1. The number of ether oxygens (including phenoxy) is 2. The largest absolute Gasteiger partial charge is 0.497 e. The first kappa shape index (κ1) is 64.5. The summed E-state index contributed by atoms with van der Waals surface area (Å²) in [7, 11) is 1.72. The van der Waals surface area contributed by atoms with Crippen LogP contribution in [0.3, 0.4) is 0 Å². The number of benzene rings is 8. The van der Waals surface area contributed by atoms with Gasteiger partial charge in [0.15, 0.2) is 0 Å². The fraction of sp³-hybridized carbons (Fsp3) is 0.195. The molecule has 2 aliphatic heterocycles. The molecule has 0 radical (unpaired) electrons. The lowest BCUT2D eigenvalue weighted by Crippen LogP contribution is -2.08. The number of imidazole rings is 2. The van der Waals surface area contributed by atoms with E-state index in [0.29, 0.717) is 23.7 Å². The number of carboxylic acids is 1. The Morgan fingerprint density at radius 3 is 1.35 bits per heavy atom. The van der Waals surface area contributed by atoms with Gasteiger partial charge in [0.1, 0.15) is 45.9 Å². The van der Waals surface area contributed by atoms with Gasteiger partial charge in [-0.1, -0.05) is 132 Å². The van der Waals surface area contributed by atoms with Gasteiger partial charge in [0.2, 0.25) is 0 Å². The molecule has 17 aromatic rings. The second-order valence-corrected chi connectivity index (χ2v) is 28.7. The Morgan fingerprint density at radius 1 is 0.406 bits per heavy atom. The third kappa shape index (κ3) is 11.5. The van der Waals surface area contributed by atoms with Crippen LogP contribution in [-0.4, -0.2) is 61.0 Å². The third-order valence-corrected chi connectivity index (χ3v) is 20.7. The van der Waals surface area contributed by atoms with Crippen LogP contribution in [-0.2, 0) is 25.7 Å². The Balaban J connectivity index is 0.000000119. The molecule has 0 unspecified atom stereocenters. The number of hydrogen-bond donors (Lipinski definition) is 1. The molecule has 0 saturated carbocycles. The molecule has 11 heterocycles. The summed E-state index contributed by atoms with van der Waals surface area (Å²) in [4.78, 5) is 32.8. The molecule has 0 fully saturated rings. The molecule has 0 saturated heterocycles. The summed E-state index contributed by atoms with van der Waals surface area (Å²) in [5.74, 6) is 5.26. The minimum Gasteiger partial charge on any atom is -0.497 e. The number of nitrogens with zero attached hydrogens (tertiary/aromatic N) is 9. The van der Waals surface area contributed by atoms with Crippen LogP contribution >= 0.6 is 15.9 Å². The lowest BCUT2D eigenvalue weighted by Gasteiger charge is -2.21. The van der Waals surface area contributed by atoms with Crippen LogP contribution in [0.1, 0.15) is 134 Å². The minimum atomic E-state index is -0.990. The van der Waals surface area contributed by atoms with Crippen LogP contribution in [0.2, 0.25) is 0 Å². The second kappa shape index (κ2) is 26.1. The molecule has 101 heavy (non-hydrogen) atoms. The average molecular weight is 1390 g/mol. The number of carbonyl (C=O) groups is 1. The first-order valence-corrected chi connectivity index (χ1v) is 35.6. The maximum Gasteiger partial charge on any atom is 0.354 e. The summed E-state index contributed by atoms with van der Waals surface area (Å²) in [5, 5.41) is 20.6. The predicted octanol–water partition coefficient (Wildman–Crippen LogP) is 22.0. The molecule has 8 aromatic carbocycles. The molecular formula is C87H76BrN9O4. The molecule has 1 N–H and O–H groups in total. The number of methoxy groups -OCH3 is 1. The van der Waals surface area contributed by atoms with Crippen molar-refractivity contribution in [3.05, 3.63) is 274 Å². The predicted molar refractivity (Wildman–Crippen MR) is 414 cm³/mol. The molecule has 19 rings (SSSR count). The first-order valence-electron chi connectivity index (χ1n) is 34.8. The molecular weight excluding hydrogens is 1310 g/mol. The van der Waals surface area contributed by atoms with E-state index >= 15 is 0 Å². The molecule has 0 spiro atoms. The van der Waals surface area contributed by atoms with Crippen molar-refractivity contribution >= 4 is 120 Å². The van der Waals surface area contributed by atoms with Gasteiger partial charge in [0.05, 0.1) is 40.2 Å². The van der Waals surface area contributed by atoms with E-state index in [-0.39, 0.29) is 5.69 Å². The number of halogens is 1. The van der Waals surface area contributed by atoms with Crippen molar-refractivity contribution in [1.29, 1.82) is 0 Å². The van der Waals surface area contributed by atoms with Crippen molar-refractivity contribution in [2.45, 2.75) is 105 Å². The topological polar surface area (TPSA) is 139 Å². The number of para-hydroxylation sites is 2. The maximum absolute atomic E-state index is 10.1. The summed E-state index contributed by atoms with van der Waals surface area (Å²) in [6.45, 7) is 17.9. The van der Waals surface area contributed by atoms with Crippen molar-refractivity contribution in [2.75, 3.05) is 7.11 Å². The Hall–Kier alpha value is -11.2. The van der Waals surface area contributed by atoms with Crippen LogP contribution in [0.25, 0.3) is 110 Å². The van der Waals surface area contributed by atoms with Crippen molar-refractivity contribution < 1.29 is 19.4 Å². The van der Waals surface area contributed by atoms with Gasteiger partial charge >= 0.3 is 5.97 Å². The van der Waals surface area contributed by atoms with Crippen LogP contribution in [0.4, 0.5) is 0 Å². The molecule has 0 atom stereocenters. The van der Waals surface area contributed by atoms with E-state index in [1.807, 2.05) is 18.6 Å². The van der Waals surface area contributed by atoms with Gasteiger partial charge in [-0.3, -0.25) is 17.9 Å². The Kier molecular flexibility index (Phi) is 16.7. The quantitative estimate of drug-likeness (QED) is 0.133. The molecule has 14 heteroatoms. The van der Waals surface area contributed by atoms with Crippen LogP contribution in [0.15, 0.2) is 224 Å². The van der Waals surface area contributed by atoms with E-state index in [0.717, 1.165) is 86.8 Å². The third-order valence-electron chi connectivity index (χ3n) is 20.2. The van der Waals surface area contributed by atoms with Gasteiger partial charge < -0.3 is 14.6 Å². The highest BCUT2D eigenvalue weighted by Crippen LogP contribution is 2.43. The molecule has 0 amide bonds. The number of aromatic nitrogens is 9. The number of aryl methyl sites for hydroxylation is 4. The average Bonchev–Trinajstić information content (AvgIpc) is 1.06. The fourth-order valence-corrected chi connectivity index (χ4v) is 15.3. The summed E-state index contributed by atoms with van der Waals surface area (Å²) in [6, 6.07) is 65.6. The van der Waals surface area contributed by atoms with Gasteiger partial charge in [0, 0.05) is 96.0 Å². The van der Waals surface area contributed by atoms with Crippen LogP contribution in [0.5, 0.6) is 17.2 Å². The lowest BCUT2D eigenvalue weighted by molar-refractivity contribution is 0.0690. The number of fused-ring (bicyclic) bond motifs is 12. The smallest absolute Gasteiger partial charge is 0.354 e. The molecule has 500 valence electrons. The van der Waals surface area contributed by atoms with Crippen LogP contribution in [0, 0.1) is 0 Å². The Morgan fingerprint density at radius 2 is 0.861 bits per heavy atom. The summed E-state index contributed by atoms with van der Waals surface area (Å²) < 4.78 is 22.4. The van der Waals surface area contributed by atoms with Gasteiger partial charge in [-0.25, -0.2) is 29.7 Å². The van der Waals surface area contributed by atoms with Gasteiger partial charge in [0.25, 0.3) is 0 Å². The maximum atomic E-state index is 10.1. The summed E-state index contributed by atoms with van der Waals surface area (Å²) in [6.07, 6.45) is 13.6. The number of aromatic carboxylic acids is 1. The van der Waals surface area contributed by atoms with Gasteiger partial charge in [-0.05, 0) is 215 Å². The standard InChI is InChI=1S/C40H34N4O.C21H20N2O.C20H17BrN2.C6H5NO2/c1-23(2)25-15-16-41-38(19-25)44-36-8-6-5-7-32(36)33-14-12-30(21-37(33)44)45-29-11-13-31-34-18-27(24(3)4)17-26-9-10-28-22-42-40(35(31)20-29)43(28)39(26)34;1-12(2)14-8-13-4-5-15-11-22-21-19-10-16(24-3)6-7-17(19)18(9-14)20(13)23(15)21;1-13(2)14-9-10-22-20(11-14)23-18-6-4-3-5-16(18)17-8-7-15(21)12-19(17)23;8-6(9)5-3-1-2-4-7-5/h5-8,11-24H,9-10H2,1-4H3;6-12H,4-5H2,1-3H3;3-13H,1-2H3;1-4H,(H,8,9). The number of pyridine rings is 5. The lowest BCUT2D eigenvalue weighted by atomic mass is 9.91. The van der Waals surface area contributed by atoms with E-state index in [9.17, 15) is 4.79 Å². The zero-order valence-electron chi connectivity index (χ0n) is 58.0. The molecule has 9 aromatic heterocycles. The molecule has 13 nitrogen and oxygen atoms in total. The monoisotopic (exact) mass is 1390 g/mol. The summed E-state index contributed by atoms with van der Waals surface area (Å²) in [5.41, 5.74) is 20.2. The van der Waals surface area contributed by atoms with E-state index in [1.54, 1.807) is 19.2 Å². The number of rotatable bonds is 10. The normalized spacial score (nSPS) is 12.5. The highest BCUT2D eigenvalue weighted by Gasteiger charge is 2.25. The first-order chi connectivity index (χ1) is 49.1. The van der Waals surface area contributed by atoms with Crippen molar-refractivity contribution in [2.24, 2.45) is 0 Å². The van der Waals surface area contributed by atoms with Crippen molar-refractivity contribution in [3.8, 4) is 28.9 Å². The Bertz CT molecular complexity index is 6140. The molecule has 0 bridgehead atoms. The van der Waals surface area contributed by atoms with E-state index in [1.165, 1.54) is 128 Å². The van der Waals surface area contributed by atoms with Gasteiger partial charge in [-0.15, -0.1) is 0 Å². The van der Waals surface area contributed by atoms with E-state index < -0.39 is 5.97 Å². The van der Waals surface area contributed by atoms with Crippen molar-refractivity contribution in [1.82, 2.24) is 42.9 Å². The summed E-state index contributed by atoms with van der Waals surface area (Å²) >= 11 is 3.60. The van der Waals surface area contributed by atoms with E-state index in [4.69, 9.17) is 29.5 Å². The molecule has 2 aliphatic rings. The van der Waals surface area contributed by atoms with E-state index in [2.05, 4.69) is 275 Å². The minimum absolute atomic E-state index is 0.0810. The Labute approximate surface area is 593 Å². The van der Waals surface area contributed by atoms with Crippen LogP contribution < -0.4 is 9.47 Å². The number of hydrogen-bond acceptors (Lipinski definition) is 8. The fourth-order valence-electron chi connectivity index (χ4n) is 14.9. The zero-order chi connectivity index (χ0) is 69.5. The highest BCUT2D eigenvalue weighted by atomic mass is 79.9. The van der Waals surface area contributed by atoms with Crippen molar-refractivity contribution in [3.63, 3.8) is 0 Å². The SMILES string of the molecule is CC(C)c1ccnc(-n2c3ccccc3c3ccc(Br)cc32)c1.CC(C)c1ccnc(-n2c3ccccc3c3ccc(Oc4ccc5c(c4)c4ncc6n4c4c(cc(C(C)C)cc54)CC6)cc32)c1.COc1ccc2c(c1)c1ncc3n1c1c(cc(C(C)C)cc21)CC3.O=C(O)c1ccccn1. The molecule has 0 aliphatic carbocycles. The zero-order valence-corrected chi connectivity index (χ0v) is 59.6. The second-order valence-electron chi connectivity index (χ2n) is 27.8. The van der Waals surface area contributed by atoms with Gasteiger partial charge in [-0.2, -0.15) is 0 Å².